The number of esters is 1. The molecule has 0 aliphatic heterocycles. The van der Waals surface area contributed by atoms with Gasteiger partial charge in [-0.2, -0.15) is 13.2 Å². The molecule has 1 aromatic carbocycles. The van der Waals surface area contributed by atoms with Crippen LogP contribution in [0.4, 0.5) is 23.2 Å². The van der Waals surface area contributed by atoms with E-state index >= 15 is 0 Å². The number of hydrogen-bond acceptors (Lipinski definition) is 4. The Kier molecular flexibility index (Phi) is 5.94. The summed E-state index contributed by atoms with van der Waals surface area (Å²) in [7, 11) is 0. The Hall–Kier alpha value is -2.32. The Morgan fingerprint density at radius 2 is 1.87 bits per heavy atom. The van der Waals surface area contributed by atoms with Crippen LogP contribution in [-0.2, 0) is 14.3 Å². The Bertz CT molecular complexity index is 577. The minimum Gasteiger partial charge on any atom is -0.463 e. The van der Waals surface area contributed by atoms with Crippen molar-refractivity contribution in [2.45, 2.75) is 32.1 Å². The van der Waals surface area contributed by atoms with Crippen LogP contribution < -0.4 is 10.6 Å². The second-order valence-electron chi connectivity index (χ2n) is 4.51. The van der Waals surface area contributed by atoms with Crippen molar-refractivity contribution in [3.05, 3.63) is 30.1 Å². The van der Waals surface area contributed by atoms with Gasteiger partial charge in [0.05, 0.1) is 6.61 Å². The van der Waals surface area contributed by atoms with Gasteiger partial charge in [0.2, 0.25) is 5.91 Å². The first-order valence-electron chi connectivity index (χ1n) is 6.75. The average molecular weight is 336 g/mol. The number of anilines is 1. The highest BCUT2D eigenvalue weighted by Gasteiger charge is 2.63. The van der Waals surface area contributed by atoms with E-state index in [0.29, 0.717) is 0 Å². The van der Waals surface area contributed by atoms with Crippen LogP contribution in [0, 0.1) is 5.82 Å². The molecule has 0 bridgehead atoms. The van der Waals surface area contributed by atoms with Crippen LogP contribution in [-0.4, -0.2) is 30.3 Å². The number of rotatable bonds is 6. The lowest BCUT2D eigenvalue weighted by Gasteiger charge is -2.35. The van der Waals surface area contributed by atoms with Crippen molar-refractivity contribution in [1.82, 2.24) is 5.32 Å². The average Bonchev–Trinajstić information content (AvgIpc) is 2.45. The van der Waals surface area contributed by atoms with Gasteiger partial charge in [0.25, 0.3) is 0 Å². The van der Waals surface area contributed by atoms with Crippen LogP contribution in [0.1, 0.15) is 20.3 Å². The second-order valence-corrected chi connectivity index (χ2v) is 4.51. The topological polar surface area (TPSA) is 67.4 Å². The summed E-state index contributed by atoms with van der Waals surface area (Å²) >= 11 is 0. The summed E-state index contributed by atoms with van der Waals surface area (Å²) in [5.74, 6) is -3.57. The molecule has 128 valence electrons. The highest BCUT2D eigenvalue weighted by atomic mass is 19.4. The van der Waals surface area contributed by atoms with Gasteiger partial charge in [0.1, 0.15) is 5.82 Å². The zero-order valence-electron chi connectivity index (χ0n) is 12.5. The molecule has 23 heavy (non-hydrogen) atoms. The molecule has 0 radical (unpaired) electrons. The molecule has 1 atom stereocenters. The van der Waals surface area contributed by atoms with E-state index in [1.807, 2.05) is 5.32 Å². The van der Waals surface area contributed by atoms with E-state index in [2.05, 4.69) is 4.74 Å². The van der Waals surface area contributed by atoms with Gasteiger partial charge in [-0.3, -0.25) is 4.79 Å². The van der Waals surface area contributed by atoms with Gasteiger partial charge in [-0.1, -0.05) is 13.0 Å². The van der Waals surface area contributed by atoms with E-state index in [1.165, 1.54) is 13.8 Å². The quantitative estimate of drug-likeness (QED) is 0.476. The number of ether oxygens (including phenoxy) is 1. The first-order valence-corrected chi connectivity index (χ1v) is 6.75. The zero-order valence-corrected chi connectivity index (χ0v) is 12.5. The lowest BCUT2D eigenvalue weighted by molar-refractivity contribution is -0.207. The molecular weight excluding hydrogens is 320 g/mol. The Morgan fingerprint density at radius 1 is 1.22 bits per heavy atom. The number of hydrogen-bond donors (Lipinski definition) is 2. The summed E-state index contributed by atoms with van der Waals surface area (Å²) in [5, 5.41) is 3.45. The zero-order chi connectivity index (χ0) is 17.7. The summed E-state index contributed by atoms with van der Waals surface area (Å²) in [4.78, 5) is 23.4. The van der Waals surface area contributed by atoms with Crippen molar-refractivity contribution in [1.29, 1.82) is 0 Å². The Balaban J connectivity index is 3.36. The monoisotopic (exact) mass is 336 g/mol. The first kappa shape index (κ1) is 18.7. The fourth-order valence-electron chi connectivity index (χ4n) is 1.71. The van der Waals surface area contributed by atoms with Gasteiger partial charge in [0, 0.05) is 12.1 Å². The van der Waals surface area contributed by atoms with Gasteiger partial charge in [0.15, 0.2) is 0 Å². The summed E-state index contributed by atoms with van der Waals surface area (Å²) in [6.07, 6.45) is -5.52. The molecule has 0 unspecified atom stereocenters. The molecule has 0 heterocycles. The molecule has 0 spiro atoms. The Labute approximate surface area is 130 Å². The van der Waals surface area contributed by atoms with E-state index in [1.54, 1.807) is 5.32 Å². The number of halogens is 4. The molecule has 5 nitrogen and oxygen atoms in total. The van der Waals surface area contributed by atoms with Crippen molar-refractivity contribution in [2.24, 2.45) is 0 Å². The SMILES string of the molecule is CCOC(=O)[C@@](NC(=O)CC)(Nc1cccc(F)c1)C(F)(F)F. The number of amides is 1. The fourth-order valence-corrected chi connectivity index (χ4v) is 1.71. The molecule has 1 amide bonds. The number of carbonyl (C=O) groups is 2. The highest BCUT2D eigenvalue weighted by molar-refractivity contribution is 5.91. The van der Waals surface area contributed by atoms with Crippen molar-refractivity contribution in [3.63, 3.8) is 0 Å². The molecule has 0 aliphatic rings. The lowest BCUT2D eigenvalue weighted by Crippen LogP contribution is -2.69. The largest absolute Gasteiger partial charge is 0.463 e. The molecular formula is C14H16F4N2O3. The van der Waals surface area contributed by atoms with Crippen LogP contribution >= 0.6 is 0 Å². The minimum atomic E-state index is -5.23. The van der Waals surface area contributed by atoms with Crippen LogP contribution in [0.3, 0.4) is 0 Å². The van der Waals surface area contributed by atoms with Crippen LogP contribution in [0.15, 0.2) is 24.3 Å². The number of alkyl halides is 3. The first-order chi connectivity index (χ1) is 10.7. The van der Waals surface area contributed by atoms with Crippen LogP contribution in [0.25, 0.3) is 0 Å². The van der Waals surface area contributed by atoms with Gasteiger partial charge >= 0.3 is 17.8 Å². The molecule has 0 aliphatic carbocycles. The summed E-state index contributed by atoms with van der Waals surface area (Å²) < 4.78 is 58.3. The van der Waals surface area contributed by atoms with Crippen molar-refractivity contribution < 1.29 is 31.9 Å². The second kappa shape index (κ2) is 7.30. The maximum Gasteiger partial charge on any atom is 0.441 e. The van der Waals surface area contributed by atoms with Gasteiger partial charge < -0.3 is 15.4 Å². The van der Waals surface area contributed by atoms with Gasteiger partial charge in [-0.05, 0) is 25.1 Å². The van der Waals surface area contributed by atoms with E-state index in [9.17, 15) is 27.2 Å². The third kappa shape index (κ3) is 4.33. The normalized spacial score (nSPS) is 13.8. The van der Waals surface area contributed by atoms with E-state index in [0.717, 1.165) is 24.3 Å². The lowest BCUT2D eigenvalue weighted by atomic mass is 10.1. The number of nitrogens with one attached hydrogen (secondary N) is 2. The molecule has 1 aromatic rings. The summed E-state index contributed by atoms with van der Waals surface area (Å²) in [6.45, 7) is 2.32. The van der Waals surface area contributed by atoms with E-state index in [-0.39, 0.29) is 18.7 Å². The molecule has 0 aromatic heterocycles. The van der Waals surface area contributed by atoms with Crippen molar-refractivity contribution in [2.75, 3.05) is 11.9 Å². The van der Waals surface area contributed by atoms with Gasteiger partial charge in [-0.15, -0.1) is 0 Å². The smallest absolute Gasteiger partial charge is 0.441 e. The van der Waals surface area contributed by atoms with Crippen molar-refractivity contribution >= 4 is 17.6 Å². The van der Waals surface area contributed by atoms with Gasteiger partial charge in [-0.25, -0.2) is 9.18 Å². The maximum absolute atomic E-state index is 13.6. The van der Waals surface area contributed by atoms with Crippen molar-refractivity contribution in [3.8, 4) is 0 Å². The third-order valence-electron chi connectivity index (χ3n) is 2.81. The van der Waals surface area contributed by atoms with Crippen LogP contribution in [0.2, 0.25) is 0 Å². The third-order valence-corrected chi connectivity index (χ3v) is 2.81. The molecule has 9 heteroatoms. The highest BCUT2D eigenvalue weighted by Crippen LogP contribution is 2.33. The standard InChI is InChI=1S/C14H16F4N2O3/c1-3-11(21)20-13(14(16,17)18,12(22)23-4-2)19-10-7-5-6-9(15)8-10/h5-8,19H,3-4H2,1-2H3,(H,20,21)/t13-/m0/s1. The Morgan fingerprint density at radius 3 is 2.35 bits per heavy atom. The number of benzene rings is 1. The summed E-state index contributed by atoms with van der Waals surface area (Å²) in [5.41, 5.74) is -3.85. The van der Waals surface area contributed by atoms with E-state index < -0.39 is 29.5 Å². The predicted molar refractivity (Wildman–Crippen MR) is 73.9 cm³/mol. The minimum absolute atomic E-state index is 0.290. The molecule has 0 saturated carbocycles. The van der Waals surface area contributed by atoms with Crippen LogP contribution in [0.5, 0.6) is 0 Å². The number of carbonyl (C=O) groups excluding carboxylic acids is 2. The molecule has 2 N–H and O–H groups in total. The summed E-state index contributed by atoms with van der Waals surface area (Å²) in [6, 6.07) is 4.07. The maximum atomic E-state index is 13.6. The predicted octanol–water partition coefficient (Wildman–Crippen LogP) is 2.59. The van der Waals surface area contributed by atoms with E-state index in [4.69, 9.17) is 0 Å². The molecule has 0 saturated heterocycles. The fraction of sp³-hybridized carbons (Fsp3) is 0.429. The molecule has 0 fully saturated rings. The molecule has 1 rings (SSSR count).